The van der Waals surface area contributed by atoms with E-state index in [9.17, 15) is 4.39 Å². The number of halogens is 2. The molecule has 0 saturated heterocycles. The van der Waals surface area contributed by atoms with Crippen LogP contribution in [-0.2, 0) is 6.54 Å². The van der Waals surface area contributed by atoms with Gasteiger partial charge < -0.3 is 21.5 Å². The Bertz CT molecular complexity index is 908. The van der Waals surface area contributed by atoms with Gasteiger partial charge in [0.05, 0.1) is 29.9 Å². The van der Waals surface area contributed by atoms with E-state index >= 15 is 0 Å². The predicted octanol–water partition coefficient (Wildman–Crippen LogP) is 0.839. The number of nitrogens with two attached hydrogens (primary N) is 1. The molecule has 148 valence electrons. The highest BCUT2D eigenvalue weighted by molar-refractivity contribution is 6.31. The maximum Gasteiger partial charge on any atom is 0.192 e. The van der Waals surface area contributed by atoms with Crippen molar-refractivity contribution in [2.45, 2.75) is 19.5 Å². The van der Waals surface area contributed by atoms with E-state index in [0.717, 1.165) is 0 Å². The van der Waals surface area contributed by atoms with E-state index in [0.29, 0.717) is 11.4 Å². The molecule has 0 amide bonds. The van der Waals surface area contributed by atoms with Crippen LogP contribution in [0.1, 0.15) is 18.3 Å². The van der Waals surface area contributed by atoms with Crippen molar-refractivity contribution in [2.75, 3.05) is 13.2 Å². The maximum absolute atomic E-state index is 13.2. The molecule has 0 saturated carbocycles. The molecule has 1 aromatic heterocycles. The maximum atomic E-state index is 13.2. The number of benzene rings is 1. The average molecular weight is 409 g/mol. The zero-order valence-corrected chi connectivity index (χ0v) is 15.6. The van der Waals surface area contributed by atoms with Gasteiger partial charge in [-0.15, -0.1) is 0 Å². The normalized spacial score (nSPS) is 13.1. The lowest BCUT2D eigenvalue weighted by molar-refractivity contribution is 0.263. The third-order valence-electron chi connectivity index (χ3n) is 3.33. The Hall–Kier alpha value is -3.23. The standard InChI is InChI=1S/C16H18ClFN8O2/c1-9(8-27)23-16(21-5-4-19)22-7-13-14(26-28-25-13)15(20)24-10-2-3-12(18)11(17)6-10/h2-3,6,9,27H,5,7-8H2,1H3,(H2,20,24)(H2,21,22,23). The van der Waals surface area contributed by atoms with Gasteiger partial charge in [-0.05, 0) is 30.3 Å². The second-order valence-electron chi connectivity index (χ2n) is 5.56. The number of guanidine groups is 1. The molecular formula is C16H18ClFN8O2. The van der Waals surface area contributed by atoms with Crippen LogP contribution >= 0.6 is 11.6 Å². The second-order valence-corrected chi connectivity index (χ2v) is 5.97. The van der Waals surface area contributed by atoms with Gasteiger partial charge in [-0.25, -0.2) is 19.0 Å². The van der Waals surface area contributed by atoms with Crippen LogP contribution < -0.4 is 16.4 Å². The van der Waals surface area contributed by atoms with Gasteiger partial charge in [0, 0.05) is 6.04 Å². The Labute approximate surface area is 164 Å². The summed E-state index contributed by atoms with van der Waals surface area (Å²) in [6.45, 7) is 1.65. The fourth-order valence-electron chi connectivity index (χ4n) is 1.96. The van der Waals surface area contributed by atoms with Gasteiger partial charge >= 0.3 is 0 Å². The lowest BCUT2D eigenvalue weighted by Crippen LogP contribution is -2.43. The van der Waals surface area contributed by atoms with Gasteiger partial charge in [-0.2, -0.15) is 5.26 Å². The first kappa shape index (κ1) is 21.1. The number of aromatic nitrogens is 2. The molecule has 2 aromatic rings. The monoisotopic (exact) mass is 408 g/mol. The van der Waals surface area contributed by atoms with E-state index in [1.807, 2.05) is 6.07 Å². The molecule has 5 N–H and O–H groups in total. The fraction of sp³-hybridized carbons (Fsp3) is 0.312. The molecule has 0 spiro atoms. The van der Waals surface area contributed by atoms with Crippen molar-refractivity contribution in [3.8, 4) is 6.07 Å². The molecule has 0 bridgehead atoms. The minimum atomic E-state index is -0.570. The average Bonchev–Trinajstić information content (AvgIpc) is 3.15. The van der Waals surface area contributed by atoms with Crippen molar-refractivity contribution in [1.82, 2.24) is 20.9 Å². The number of aliphatic hydroxyl groups is 1. The molecule has 0 aliphatic carbocycles. The van der Waals surface area contributed by atoms with Crippen LogP contribution in [0.2, 0.25) is 5.02 Å². The number of hydrogen-bond donors (Lipinski definition) is 4. The van der Waals surface area contributed by atoms with Crippen molar-refractivity contribution in [3.63, 3.8) is 0 Å². The molecule has 1 atom stereocenters. The SMILES string of the molecule is CC(CO)NC(=NCc1nonc1C(N)=Nc1ccc(F)c(Cl)c1)NCC#N. The molecule has 10 nitrogen and oxygen atoms in total. The summed E-state index contributed by atoms with van der Waals surface area (Å²) in [5.74, 6) is -0.297. The Morgan fingerprint density at radius 2 is 2.29 bits per heavy atom. The van der Waals surface area contributed by atoms with E-state index in [-0.39, 0.29) is 48.2 Å². The number of amidine groups is 1. The highest BCUT2D eigenvalue weighted by atomic mass is 35.5. The summed E-state index contributed by atoms with van der Waals surface area (Å²) in [4.78, 5) is 8.38. The Balaban J connectivity index is 2.20. The van der Waals surface area contributed by atoms with Crippen LogP contribution in [0.3, 0.4) is 0 Å². The highest BCUT2D eigenvalue weighted by Gasteiger charge is 2.15. The fourth-order valence-corrected chi connectivity index (χ4v) is 2.14. The quantitative estimate of drug-likeness (QED) is 0.298. The number of rotatable bonds is 7. The summed E-state index contributed by atoms with van der Waals surface area (Å²) >= 11 is 5.73. The van der Waals surface area contributed by atoms with E-state index in [2.05, 4.69) is 30.9 Å². The van der Waals surface area contributed by atoms with Gasteiger partial charge in [-0.1, -0.05) is 16.8 Å². The molecule has 0 radical (unpaired) electrons. The molecule has 1 aromatic carbocycles. The van der Waals surface area contributed by atoms with Gasteiger partial charge in [0.1, 0.15) is 18.1 Å². The van der Waals surface area contributed by atoms with Gasteiger partial charge in [0.2, 0.25) is 0 Å². The lowest BCUT2D eigenvalue weighted by atomic mass is 10.3. The van der Waals surface area contributed by atoms with E-state index in [1.54, 1.807) is 6.92 Å². The predicted molar refractivity (Wildman–Crippen MR) is 101 cm³/mol. The summed E-state index contributed by atoms with van der Waals surface area (Å²) in [6, 6.07) is 5.54. The first-order chi connectivity index (χ1) is 13.4. The summed E-state index contributed by atoms with van der Waals surface area (Å²) in [5.41, 5.74) is 6.74. The smallest absolute Gasteiger partial charge is 0.192 e. The molecule has 12 heteroatoms. The third-order valence-corrected chi connectivity index (χ3v) is 3.62. The lowest BCUT2D eigenvalue weighted by Gasteiger charge is -2.14. The minimum absolute atomic E-state index is 0.0120. The number of aliphatic hydroxyl groups excluding tert-OH is 1. The van der Waals surface area contributed by atoms with Gasteiger partial charge in [0.25, 0.3) is 0 Å². The minimum Gasteiger partial charge on any atom is -0.394 e. The Morgan fingerprint density at radius 1 is 1.50 bits per heavy atom. The van der Waals surface area contributed by atoms with Crippen molar-refractivity contribution >= 4 is 29.1 Å². The number of nitrogens with zero attached hydrogens (tertiary/aromatic N) is 5. The van der Waals surface area contributed by atoms with E-state index < -0.39 is 5.82 Å². The zero-order valence-electron chi connectivity index (χ0n) is 14.9. The molecule has 2 rings (SSSR count). The largest absolute Gasteiger partial charge is 0.394 e. The summed E-state index contributed by atoms with van der Waals surface area (Å²) in [7, 11) is 0. The molecule has 0 fully saturated rings. The molecule has 0 aliphatic rings. The Morgan fingerprint density at radius 3 is 2.96 bits per heavy atom. The van der Waals surface area contributed by atoms with Crippen molar-refractivity contribution < 1.29 is 14.1 Å². The van der Waals surface area contributed by atoms with Gasteiger partial charge in [-0.3, -0.25) is 0 Å². The van der Waals surface area contributed by atoms with Crippen molar-refractivity contribution in [3.05, 3.63) is 40.4 Å². The second kappa shape index (κ2) is 10.2. The van der Waals surface area contributed by atoms with Crippen LogP contribution in [0.25, 0.3) is 0 Å². The van der Waals surface area contributed by atoms with Crippen LogP contribution in [0.15, 0.2) is 32.8 Å². The van der Waals surface area contributed by atoms with Crippen LogP contribution in [0, 0.1) is 17.1 Å². The molecule has 0 aliphatic heterocycles. The van der Waals surface area contributed by atoms with Gasteiger partial charge in [0.15, 0.2) is 17.5 Å². The van der Waals surface area contributed by atoms with Crippen LogP contribution in [0.4, 0.5) is 10.1 Å². The number of aliphatic imine (C=N–C) groups is 2. The summed E-state index contributed by atoms with van der Waals surface area (Å²) in [6.07, 6.45) is 0. The first-order valence-corrected chi connectivity index (χ1v) is 8.46. The topological polar surface area (TPSA) is 158 Å². The van der Waals surface area contributed by atoms with E-state index in [4.69, 9.17) is 32.3 Å². The third kappa shape index (κ3) is 5.90. The number of hydrogen-bond acceptors (Lipinski definition) is 7. The van der Waals surface area contributed by atoms with Crippen LogP contribution in [-0.4, -0.2) is 46.4 Å². The van der Waals surface area contributed by atoms with Crippen molar-refractivity contribution in [2.24, 2.45) is 15.7 Å². The number of nitrogens with one attached hydrogen (secondary N) is 2. The number of nitriles is 1. The van der Waals surface area contributed by atoms with Crippen molar-refractivity contribution in [1.29, 1.82) is 5.26 Å². The van der Waals surface area contributed by atoms with E-state index in [1.165, 1.54) is 18.2 Å². The summed E-state index contributed by atoms with van der Waals surface area (Å²) < 4.78 is 18.0. The molecular weight excluding hydrogens is 391 g/mol. The highest BCUT2D eigenvalue weighted by Crippen LogP contribution is 2.22. The molecule has 1 unspecified atom stereocenters. The Kier molecular flexibility index (Phi) is 7.67. The molecule has 1 heterocycles. The molecule has 28 heavy (non-hydrogen) atoms. The zero-order chi connectivity index (χ0) is 20.5. The van der Waals surface area contributed by atoms with Crippen LogP contribution in [0.5, 0.6) is 0 Å². The summed E-state index contributed by atoms with van der Waals surface area (Å²) in [5, 5.41) is 30.9. The first-order valence-electron chi connectivity index (χ1n) is 8.08.